The summed E-state index contributed by atoms with van der Waals surface area (Å²) in [5.74, 6) is -0.479. The third-order valence-electron chi connectivity index (χ3n) is 3.09. The maximum Gasteiger partial charge on any atom is 1.00 e. The Labute approximate surface area is 142 Å². The van der Waals surface area contributed by atoms with Gasteiger partial charge in [-0.25, -0.2) is 10.1 Å². The predicted octanol–water partition coefficient (Wildman–Crippen LogP) is -2.58. The largest absolute Gasteiger partial charge is 1.00 e. The zero-order chi connectivity index (χ0) is 13.9. The Morgan fingerprint density at radius 3 is 2.67 bits per heavy atom. The number of hydrogen-bond donors (Lipinski definition) is 1. The second kappa shape index (κ2) is 6.84. The van der Waals surface area contributed by atoms with Crippen LogP contribution < -0.4 is 40.1 Å². The van der Waals surface area contributed by atoms with Crippen molar-refractivity contribution in [3.8, 4) is 5.75 Å². The van der Waals surface area contributed by atoms with Gasteiger partial charge in [0.05, 0.1) is 0 Å². The second-order valence-electron chi connectivity index (χ2n) is 4.48. The van der Waals surface area contributed by atoms with Crippen molar-refractivity contribution in [1.29, 1.82) is 0 Å². The van der Waals surface area contributed by atoms with Gasteiger partial charge in [0.15, 0.2) is 0 Å². The third kappa shape index (κ3) is 3.69. The van der Waals surface area contributed by atoms with E-state index >= 15 is 0 Å². The van der Waals surface area contributed by atoms with E-state index in [1.807, 2.05) is 0 Å². The molecule has 21 heavy (non-hydrogen) atoms. The molecule has 0 spiro atoms. The van der Waals surface area contributed by atoms with Gasteiger partial charge in [-0.15, -0.1) is 5.75 Å². The van der Waals surface area contributed by atoms with Crippen LogP contribution in [0.2, 0.25) is 0 Å². The Balaban J connectivity index is 0.00000161. The molecule has 0 saturated carbocycles. The Morgan fingerprint density at radius 1 is 1.19 bits per heavy atom. The summed E-state index contributed by atoms with van der Waals surface area (Å²) in [7, 11) is 0. The summed E-state index contributed by atoms with van der Waals surface area (Å²) in [4.78, 5) is 11.8. The summed E-state index contributed by atoms with van der Waals surface area (Å²) in [5, 5.41) is 22.6. The van der Waals surface area contributed by atoms with Gasteiger partial charge in [-0.2, -0.15) is 5.10 Å². The molecule has 1 aliphatic carbocycles. The molecular formula is C13H11N4NaO3. The van der Waals surface area contributed by atoms with E-state index in [1.54, 1.807) is 0 Å². The van der Waals surface area contributed by atoms with E-state index in [4.69, 9.17) is 0 Å². The van der Waals surface area contributed by atoms with Crippen LogP contribution in [-0.2, 0) is 12.8 Å². The van der Waals surface area contributed by atoms with Crippen molar-refractivity contribution < 1.29 is 44.1 Å². The summed E-state index contributed by atoms with van der Waals surface area (Å²) in [6, 6.07) is 5.63. The number of carbonyl (C=O) groups excluding carboxylic acids is 1. The number of aryl methyl sites for hydroxylation is 1. The number of benzene rings is 1. The van der Waals surface area contributed by atoms with Crippen LogP contribution in [0.25, 0.3) is 0 Å². The summed E-state index contributed by atoms with van der Waals surface area (Å²) in [5.41, 5.74) is 5.31. The first-order valence-corrected chi connectivity index (χ1v) is 6.15. The van der Waals surface area contributed by atoms with Gasteiger partial charge in [-0.3, -0.25) is 4.79 Å². The molecule has 7 nitrogen and oxygen atoms in total. The average Bonchev–Trinajstić information content (AvgIpc) is 2.93. The van der Waals surface area contributed by atoms with Crippen molar-refractivity contribution >= 4 is 11.6 Å². The Bertz CT molecular complexity index is 666. The quantitative estimate of drug-likeness (QED) is 0.484. The fourth-order valence-electron chi connectivity index (χ4n) is 1.99. The Morgan fingerprint density at radius 2 is 1.90 bits per heavy atom. The number of fused-ring (bicyclic) bond motifs is 1. The van der Waals surface area contributed by atoms with Gasteiger partial charge in [0, 0.05) is 24.1 Å². The maximum absolute atomic E-state index is 11.8. The van der Waals surface area contributed by atoms with Gasteiger partial charge in [-0.05, 0) is 6.42 Å². The van der Waals surface area contributed by atoms with E-state index in [0.717, 1.165) is 17.1 Å². The van der Waals surface area contributed by atoms with Crippen LogP contribution in [-0.4, -0.2) is 21.9 Å². The molecule has 0 aliphatic heterocycles. The molecule has 0 bridgehead atoms. The smallest absolute Gasteiger partial charge is 0.872 e. The molecule has 1 aliphatic rings. The summed E-state index contributed by atoms with van der Waals surface area (Å²) >= 11 is 0. The third-order valence-corrected chi connectivity index (χ3v) is 3.09. The molecule has 0 unspecified atom stereocenters. The first-order chi connectivity index (χ1) is 9.72. The van der Waals surface area contributed by atoms with E-state index in [1.165, 1.54) is 24.3 Å². The van der Waals surface area contributed by atoms with Crippen molar-refractivity contribution in [3.05, 3.63) is 41.2 Å². The molecule has 0 saturated heterocycles. The van der Waals surface area contributed by atoms with Crippen LogP contribution in [0.5, 0.6) is 5.75 Å². The zero-order valence-electron chi connectivity index (χ0n) is 11.5. The molecule has 1 amide bonds. The molecular weight excluding hydrogens is 283 g/mol. The summed E-state index contributed by atoms with van der Waals surface area (Å²) in [6.07, 6.45) is 1.94. The second-order valence-corrected chi connectivity index (χ2v) is 4.48. The van der Waals surface area contributed by atoms with E-state index in [0.29, 0.717) is 24.8 Å². The van der Waals surface area contributed by atoms with E-state index in [2.05, 4.69) is 25.5 Å². The van der Waals surface area contributed by atoms with Crippen LogP contribution in [0.4, 0.5) is 0 Å². The zero-order valence-corrected chi connectivity index (χ0v) is 13.5. The molecule has 1 aromatic carbocycles. The minimum atomic E-state index is -0.346. The van der Waals surface area contributed by atoms with Crippen LogP contribution in [0.15, 0.2) is 34.0 Å². The van der Waals surface area contributed by atoms with Gasteiger partial charge in [-0.1, -0.05) is 34.6 Å². The number of hydrogen-bond acceptors (Lipinski definition) is 6. The van der Waals surface area contributed by atoms with E-state index in [9.17, 15) is 9.90 Å². The molecule has 3 rings (SSSR count). The molecule has 1 aromatic heterocycles. The maximum atomic E-state index is 11.8. The minimum absolute atomic E-state index is 0. The number of aromatic nitrogens is 2. The molecule has 8 heteroatoms. The van der Waals surface area contributed by atoms with Crippen molar-refractivity contribution in [3.63, 3.8) is 0 Å². The van der Waals surface area contributed by atoms with Gasteiger partial charge in [0.25, 0.3) is 5.91 Å². The summed E-state index contributed by atoms with van der Waals surface area (Å²) in [6.45, 7) is 0. The monoisotopic (exact) mass is 294 g/mol. The molecule has 2 aromatic rings. The fourth-order valence-corrected chi connectivity index (χ4v) is 1.99. The van der Waals surface area contributed by atoms with Gasteiger partial charge < -0.3 is 5.11 Å². The van der Waals surface area contributed by atoms with Crippen molar-refractivity contribution in [1.82, 2.24) is 15.7 Å². The first-order valence-electron chi connectivity index (χ1n) is 6.15. The van der Waals surface area contributed by atoms with Crippen LogP contribution in [0.1, 0.15) is 28.2 Å². The minimum Gasteiger partial charge on any atom is -0.872 e. The molecule has 0 radical (unpaired) electrons. The molecule has 1 N–H and O–H groups in total. The fraction of sp³-hybridized carbons (Fsp3) is 0.231. The number of amides is 1. The number of hydrazone groups is 1. The molecule has 1 heterocycles. The van der Waals surface area contributed by atoms with Crippen LogP contribution in [0.3, 0.4) is 0 Å². The number of rotatable bonds is 2. The van der Waals surface area contributed by atoms with Gasteiger partial charge in [0.2, 0.25) is 0 Å². The Kier molecular flexibility index (Phi) is 5.11. The van der Waals surface area contributed by atoms with Crippen LogP contribution >= 0.6 is 0 Å². The van der Waals surface area contributed by atoms with Crippen LogP contribution in [0, 0.1) is 0 Å². The number of carbonyl (C=O) groups is 1. The summed E-state index contributed by atoms with van der Waals surface area (Å²) < 4.78 is 4.65. The number of nitrogens with one attached hydrogen (secondary N) is 1. The van der Waals surface area contributed by atoms with Gasteiger partial charge in [0.1, 0.15) is 11.4 Å². The molecule has 102 valence electrons. The molecule has 0 atom stereocenters. The van der Waals surface area contributed by atoms with Crippen molar-refractivity contribution in [2.75, 3.05) is 0 Å². The standard InChI is InChI=1S/C13H12N4O3.Na/c18-10-4-1-8(2-5-10)13(19)15-14-9-3-6-11-12(7-9)17-20-16-11;/h1-2,4-5,18H,3,6-7H2,(H,15,19);/q;+1/p-1/b14-9+;. The predicted molar refractivity (Wildman–Crippen MR) is 67.1 cm³/mol. The SMILES string of the molecule is O=C(N/N=C1\CCc2nonc2C1)c1ccc([O-])cc1.[Na+]. The normalized spacial score (nSPS) is 15.1. The number of nitrogens with zero attached hydrogens (tertiary/aromatic N) is 3. The average molecular weight is 294 g/mol. The van der Waals surface area contributed by atoms with E-state index in [-0.39, 0.29) is 41.2 Å². The topological polar surface area (TPSA) is 103 Å². The molecule has 0 fully saturated rings. The van der Waals surface area contributed by atoms with Gasteiger partial charge >= 0.3 is 29.6 Å². The first kappa shape index (κ1) is 15.7. The van der Waals surface area contributed by atoms with Crippen molar-refractivity contribution in [2.24, 2.45) is 5.10 Å². The van der Waals surface area contributed by atoms with E-state index < -0.39 is 0 Å². The van der Waals surface area contributed by atoms with Crippen molar-refractivity contribution in [2.45, 2.75) is 19.3 Å². The Hall–Kier alpha value is -1.70.